The topological polar surface area (TPSA) is 12.0 Å². The molecule has 0 saturated heterocycles. The molecule has 1 nitrogen and oxygen atoms in total. The number of benzene rings is 1. The van der Waals surface area contributed by atoms with Gasteiger partial charge in [-0.3, -0.25) is 0 Å². The fourth-order valence-corrected chi connectivity index (χ4v) is 1.19. The lowest BCUT2D eigenvalue weighted by Gasteiger charge is -2.08. The molecule has 0 aliphatic rings. The lowest BCUT2D eigenvalue weighted by molar-refractivity contribution is 0.824. The standard InChI is InChI=1S/C13H17N/c1-5-8-14-12(4)13-7-6-10(2)11(3)9-13/h6-7,9,14H,2-5,8H2,1H3. The van der Waals surface area contributed by atoms with Crippen molar-refractivity contribution in [2.75, 3.05) is 6.54 Å². The molecule has 0 aliphatic heterocycles. The van der Waals surface area contributed by atoms with Crippen molar-refractivity contribution in [3.63, 3.8) is 0 Å². The van der Waals surface area contributed by atoms with Crippen LogP contribution < -0.4 is 15.8 Å². The van der Waals surface area contributed by atoms with Crippen LogP contribution in [0.15, 0.2) is 24.8 Å². The van der Waals surface area contributed by atoms with Crippen molar-refractivity contribution in [3.8, 4) is 0 Å². The monoisotopic (exact) mass is 187 g/mol. The van der Waals surface area contributed by atoms with Gasteiger partial charge in [0.15, 0.2) is 0 Å². The predicted octanol–water partition coefficient (Wildman–Crippen LogP) is 1.48. The highest BCUT2D eigenvalue weighted by atomic mass is 14.9. The van der Waals surface area contributed by atoms with Gasteiger partial charge in [0.1, 0.15) is 0 Å². The van der Waals surface area contributed by atoms with Crippen LogP contribution in [0.4, 0.5) is 0 Å². The summed E-state index contributed by atoms with van der Waals surface area (Å²) in [5.74, 6) is 0. The van der Waals surface area contributed by atoms with Crippen molar-refractivity contribution >= 4 is 18.9 Å². The first kappa shape index (κ1) is 10.6. The summed E-state index contributed by atoms with van der Waals surface area (Å²) in [7, 11) is 0. The van der Waals surface area contributed by atoms with Crippen molar-refractivity contribution in [2.45, 2.75) is 13.3 Å². The lowest BCUT2D eigenvalue weighted by Crippen LogP contribution is -2.22. The van der Waals surface area contributed by atoms with Crippen LogP contribution in [0.2, 0.25) is 0 Å². The summed E-state index contributed by atoms with van der Waals surface area (Å²) in [4.78, 5) is 0. The van der Waals surface area contributed by atoms with E-state index in [1.165, 1.54) is 0 Å². The molecule has 0 fully saturated rings. The van der Waals surface area contributed by atoms with Gasteiger partial charge in [0.05, 0.1) is 0 Å². The van der Waals surface area contributed by atoms with E-state index in [0.717, 1.165) is 34.7 Å². The van der Waals surface area contributed by atoms with Crippen LogP contribution in [0.25, 0.3) is 18.9 Å². The Morgan fingerprint density at radius 1 is 1.29 bits per heavy atom. The second kappa shape index (κ2) is 4.66. The molecule has 1 aromatic carbocycles. The quantitative estimate of drug-likeness (QED) is 0.753. The first-order chi connectivity index (χ1) is 6.65. The number of hydrogen-bond acceptors (Lipinski definition) is 1. The maximum atomic E-state index is 3.97. The molecule has 0 saturated carbocycles. The van der Waals surface area contributed by atoms with Gasteiger partial charge in [-0.1, -0.05) is 38.8 Å². The molecule has 1 N–H and O–H groups in total. The van der Waals surface area contributed by atoms with E-state index in [9.17, 15) is 0 Å². The van der Waals surface area contributed by atoms with E-state index in [4.69, 9.17) is 0 Å². The van der Waals surface area contributed by atoms with Crippen LogP contribution in [0, 0.1) is 0 Å². The van der Waals surface area contributed by atoms with E-state index < -0.39 is 0 Å². The molecule has 14 heavy (non-hydrogen) atoms. The Balaban J connectivity index is 2.86. The normalized spacial score (nSPS) is 9.79. The van der Waals surface area contributed by atoms with Gasteiger partial charge in [0, 0.05) is 12.2 Å². The van der Waals surface area contributed by atoms with Crippen LogP contribution in [-0.2, 0) is 0 Å². The van der Waals surface area contributed by atoms with Gasteiger partial charge < -0.3 is 5.32 Å². The van der Waals surface area contributed by atoms with Crippen LogP contribution in [0.1, 0.15) is 18.9 Å². The van der Waals surface area contributed by atoms with E-state index in [1.807, 2.05) is 18.2 Å². The molecule has 1 aromatic rings. The van der Waals surface area contributed by atoms with Gasteiger partial charge in [-0.2, -0.15) is 0 Å². The van der Waals surface area contributed by atoms with Crippen molar-refractivity contribution < 1.29 is 0 Å². The van der Waals surface area contributed by atoms with E-state index in [2.05, 4.69) is 32.0 Å². The second-order valence-corrected chi connectivity index (χ2v) is 3.39. The second-order valence-electron chi connectivity index (χ2n) is 3.39. The highest BCUT2D eigenvalue weighted by molar-refractivity contribution is 5.61. The van der Waals surface area contributed by atoms with Crippen molar-refractivity contribution in [3.05, 3.63) is 40.8 Å². The molecule has 0 heterocycles. The molecule has 0 atom stereocenters. The summed E-state index contributed by atoms with van der Waals surface area (Å²) in [5, 5.41) is 5.18. The third-order valence-electron chi connectivity index (χ3n) is 2.14. The zero-order valence-electron chi connectivity index (χ0n) is 8.77. The van der Waals surface area contributed by atoms with E-state index >= 15 is 0 Å². The maximum Gasteiger partial charge on any atom is 0.0340 e. The summed E-state index contributed by atoms with van der Waals surface area (Å²) in [6, 6.07) is 5.99. The minimum absolute atomic E-state index is 0.955. The van der Waals surface area contributed by atoms with Gasteiger partial charge in [-0.05, 0) is 28.5 Å². The average Bonchev–Trinajstić information content (AvgIpc) is 2.18. The van der Waals surface area contributed by atoms with Gasteiger partial charge >= 0.3 is 0 Å². The first-order valence-electron chi connectivity index (χ1n) is 4.86. The largest absolute Gasteiger partial charge is 0.385 e. The molecule has 1 rings (SSSR count). The zero-order valence-corrected chi connectivity index (χ0v) is 8.77. The van der Waals surface area contributed by atoms with E-state index in [-0.39, 0.29) is 0 Å². The molecule has 0 spiro atoms. The molecule has 0 amide bonds. The smallest absolute Gasteiger partial charge is 0.0340 e. The molecule has 1 heteroatoms. The Kier molecular flexibility index (Phi) is 3.52. The van der Waals surface area contributed by atoms with Crippen LogP contribution in [-0.4, -0.2) is 6.54 Å². The molecule has 0 aliphatic carbocycles. The first-order valence-corrected chi connectivity index (χ1v) is 4.86. The highest BCUT2D eigenvalue weighted by Gasteiger charge is 1.96. The Morgan fingerprint density at radius 2 is 2.00 bits per heavy atom. The fourth-order valence-electron chi connectivity index (χ4n) is 1.19. The molecule has 0 aromatic heterocycles. The Hall–Kier alpha value is -1.50. The lowest BCUT2D eigenvalue weighted by atomic mass is 10.1. The van der Waals surface area contributed by atoms with E-state index in [1.54, 1.807) is 0 Å². The summed E-state index contributed by atoms with van der Waals surface area (Å²) in [6.45, 7) is 14.8. The highest BCUT2D eigenvalue weighted by Crippen LogP contribution is 2.04. The Bertz CT molecular complexity index is 417. The van der Waals surface area contributed by atoms with Gasteiger partial charge in [-0.15, -0.1) is 0 Å². The summed E-state index contributed by atoms with van der Waals surface area (Å²) < 4.78 is 0. The third-order valence-corrected chi connectivity index (χ3v) is 2.14. The van der Waals surface area contributed by atoms with Crippen LogP contribution in [0.5, 0.6) is 0 Å². The minimum Gasteiger partial charge on any atom is -0.385 e. The van der Waals surface area contributed by atoms with Gasteiger partial charge in [0.2, 0.25) is 0 Å². The Morgan fingerprint density at radius 3 is 2.57 bits per heavy atom. The van der Waals surface area contributed by atoms with Gasteiger partial charge in [-0.25, -0.2) is 0 Å². The fraction of sp³-hybridized carbons (Fsp3) is 0.231. The summed E-state index contributed by atoms with van der Waals surface area (Å²) in [5.41, 5.74) is 2.05. The molecular formula is C13H17N. The van der Waals surface area contributed by atoms with Crippen molar-refractivity contribution in [1.82, 2.24) is 5.32 Å². The molecule has 0 bridgehead atoms. The predicted molar refractivity (Wildman–Crippen MR) is 64.1 cm³/mol. The van der Waals surface area contributed by atoms with Gasteiger partial charge in [0.25, 0.3) is 0 Å². The Labute approximate surface area is 85.5 Å². The summed E-state index contributed by atoms with van der Waals surface area (Å²) in [6.07, 6.45) is 1.10. The van der Waals surface area contributed by atoms with Crippen LogP contribution in [0.3, 0.4) is 0 Å². The number of rotatable bonds is 4. The molecule has 74 valence electrons. The molecule has 0 unspecified atom stereocenters. The van der Waals surface area contributed by atoms with Crippen LogP contribution >= 0.6 is 0 Å². The minimum atomic E-state index is 0.955. The summed E-state index contributed by atoms with van der Waals surface area (Å²) >= 11 is 0. The third kappa shape index (κ3) is 2.49. The van der Waals surface area contributed by atoms with Crippen molar-refractivity contribution in [2.24, 2.45) is 0 Å². The zero-order chi connectivity index (χ0) is 10.6. The SMILES string of the molecule is C=C(NCCC)c1ccc(=C)c(=C)c1. The van der Waals surface area contributed by atoms with E-state index in [0.29, 0.717) is 0 Å². The number of nitrogens with one attached hydrogen (secondary N) is 1. The molecule has 0 radical (unpaired) electrons. The van der Waals surface area contributed by atoms with Crippen molar-refractivity contribution in [1.29, 1.82) is 0 Å². The number of hydrogen-bond donors (Lipinski definition) is 1. The maximum absolute atomic E-state index is 3.97. The molecular weight excluding hydrogens is 170 g/mol. The average molecular weight is 187 g/mol.